The van der Waals surface area contributed by atoms with Gasteiger partial charge in [0.05, 0.1) is 23.3 Å². The van der Waals surface area contributed by atoms with E-state index in [1.54, 1.807) is 43.7 Å². The second-order valence-corrected chi connectivity index (χ2v) is 19.5. The second kappa shape index (κ2) is 27.5. The zero-order valence-corrected chi connectivity index (χ0v) is 47.0. The molecule has 0 fully saturated rings. The van der Waals surface area contributed by atoms with Crippen molar-refractivity contribution in [1.29, 1.82) is 0 Å². The van der Waals surface area contributed by atoms with Gasteiger partial charge in [0.15, 0.2) is 11.3 Å². The van der Waals surface area contributed by atoms with Crippen LogP contribution >= 0.6 is 0 Å². The molecule has 0 unspecified atom stereocenters. The summed E-state index contributed by atoms with van der Waals surface area (Å²) in [6, 6.07) is 22.1. The Kier molecular flexibility index (Phi) is 19.9. The lowest BCUT2D eigenvalue weighted by Gasteiger charge is -2.18. The lowest BCUT2D eigenvalue weighted by molar-refractivity contribution is 0.0696. The molecule has 0 bridgehead atoms. The number of hydrogen-bond donors (Lipinski definition) is 5. The number of imidazole rings is 1. The van der Waals surface area contributed by atoms with Gasteiger partial charge in [-0.15, -0.1) is 0 Å². The van der Waals surface area contributed by atoms with E-state index in [9.17, 15) is 33.1 Å². The third-order valence-electron chi connectivity index (χ3n) is 14.2. The number of para-hydroxylation sites is 2. The van der Waals surface area contributed by atoms with Gasteiger partial charge in [-0.05, 0) is 138 Å². The summed E-state index contributed by atoms with van der Waals surface area (Å²) in [5.74, 6) is -4.66. The molecule has 0 radical (unpaired) electrons. The average molecular weight is 1140 g/mol. The molecule has 9 rings (SSSR count). The van der Waals surface area contributed by atoms with Crippen LogP contribution in [0.2, 0.25) is 0 Å². The molecule has 0 aliphatic heterocycles. The van der Waals surface area contributed by atoms with Crippen LogP contribution in [0, 0.1) is 37.1 Å². The Morgan fingerprint density at radius 3 is 1.46 bits per heavy atom. The van der Waals surface area contributed by atoms with E-state index < -0.39 is 51.7 Å². The minimum absolute atomic E-state index is 0.00197. The fourth-order valence-electron chi connectivity index (χ4n) is 9.58. The van der Waals surface area contributed by atoms with Crippen molar-refractivity contribution in [3.8, 4) is 33.9 Å². The number of anilines is 2. The molecular formula is C61H65F4N13O5. The number of aromatic amines is 1. The Hall–Kier alpha value is -9.15. The molecule has 9 aromatic rings. The molecule has 0 spiro atoms. The molecule has 22 heteroatoms. The lowest BCUT2D eigenvalue weighted by Crippen LogP contribution is -2.26. The van der Waals surface area contributed by atoms with E-state index in [4.69, 9.17) is 4.98 Å². The summed E-state index contributed by atoms with van der Waals surface area (Å²) in [6.07, 6.45) is 5.47. The van der Waals surface area contributed by atoms with Crippen LogP contribution in [-0.2, 0) is 6.42 Å². The fraction of sp³-hybridized carbons (Fsp3) is 0.295. The highest BCUT2D eigenvalue weighted by Gasteiger charge is 2.24. The average Bonchev–Trinajstić information content (AvgIpc) is 4.05. The Bertz CT molecular complexity index is 3860. The monoisotopic (exact) mass is 1140 g/mol. The van der Waals surface area contributed by atoms with Crippen LogP contribution in [0.5, 0.6) is 0 Å². The number of pyridine rings is 2. The molecule has 0 saturated carbocycles. The third-order valence-corrected chi connectivity index (χ3v) is 14.2. The Balaban J connectivity index is 0.000000220. The fourth-order valence-corrected chi connectivity index (χ4v) is 9.58. The van der Waals surface area contributed by atoms with E-state index >= 15 is 8.78 Å². The Morgan fingerprint density at radius 1 is 0.590 bits per heavy atom. The molecule has 1 amide bonds. The highest BCUT2D eigenvalue weighted by atomic mass is 19.1. The molecule has 0 saturated heterocycles. The zero-order valence-electron chi connectivity index (χ0n) is 47.0. The first kappa shape index (κ1) is 60.0. The van der Waals surface area contributed by atoms with Gasteiger partial charge in [0.25, 0.3) is 17.0 Å². The third kappa shape index (κ3) is 14.0. The van der Waals surface area contributed by atoms with Crippen LogP contribution < -0.4 is 27.1 Å². The normalized spacial score (nSPS) is 11.3. The number of carbonyl (C=O) groups excluding carboxylic acids is 1. The minimum Gasteiger partial charge on any atom is -0.478 e. The van der Waals surface area contributed by atoms with E-state index in [-0.39, 0.29) is 34.7 Å². The number of aryl methyl sites for hydroxylation is 2. The predicted octanol–water partition coefficient (Wildman–Crippen LogP) is 9.75. The number of carbonyl (C=O) groups is 2. The largest absolute Gasteiger partial charge is 0.478 e. The topological polar surface area (TPSA) is 221 Å². The zero-order chi connectivity index (χ0) is 59.3. The van der Waals surface area contributed by atoms with Crippen LogP contribution in [0.3, 0.4) is 0 Å². The summed E-state index contributed by atoms with van der Waals surface area (Å²) in [5, 5.41) is 19.6. The molecule has 83 heavy (non-hydrogen) atoms. The maximum Gasteiger partial charge on any atom is 0.335 e. The molecule has 18 nitrogen and oxygen atoms in total. The second-order valence-electron chi connectivity index (χ2n) is 19.5. The number of hydrogen-bond acceptors (Lipinski definition) is 13. The van der Waals surface area contributed by atoms with Crippen molar-refractivity contribution in [3.63, 3.8) is 0 Å². The van der Waals surface area contributed by atoms with Crippen molar-refractivity contribution < 1.29 is 32.3 Å². The van der Waals surface area contributed by atoms with Crippen LogP contribution in [0.25, 0.3) is 56.0 Å². The van der Waals surface area contributed by atoms with E-state index in [0.717, 1.165) is 102 Å². The number of carboxylic acid groups (broad SMARTS) is 1. The van der Waals surface area contributed by atoms with E-state index in [2.05, 4.69) is 78.4 Å². The number of rotatable bonds is 23. The predicted molar refractivity (Wildman–Crippen MR) is 314 cm³/mol. The maximum atomic E-state index is 15.0. The highest BCUT2D eigenvalue weighted by Crippen LogP contribution is 2.34. The van der Waals surface area contributed by atoms with Gasteiger partial charge < -0.3 is 35.8 Å². The summed E-state index contributed by atoms with van der Waals surface area (Å²) >= 11 is 0. The van der Waals surface area contributed by atoms with Crippen molar-refractivity contribution >= 4 is 45.8 Å². The van der Waals surface area contributed by atoms with Crippen molar-refractivity contribution in [2.75, 3.05) is 69.5 Å². The molecule has 4 aromatic carbocycles. The molecule has 5 heterocycles. The van der Waals surface area contributed by atoms with Gasteiger partial charge in [0.2, 0.25) is 11.9 Å². The summed E-state index contributed by atoms with van der Waals surface area (Å²) in [4.78, 5) is 81.1. The highest BCUT2D eigenvalue weighted by molar-refractivity contribution is 5.99. The molecule has 5 aromatic heterocycles. The van der Waals surface area contributed by atoms with Crippen LogP contribution in [0.4, 0.5) is 29.5 Å². The molecule has 432 valence electrons. The number of aromatic nitrogens is 8. The number of amides is 1. The molecular weight excluding hydrogens is 1070 g/mol. The van der Waals surface area contributed by atoms with E-state index in [1.165, 1.54) is 42.5 Å². The van der Waals surface area contributed by atoms with Crippen LogP contribution in [0.1, 0.15) is 78.1 Å². The first-order chi connectivity index (χ1) is 40.0. The maximum absolute atomic E-state index is 15.0. The van der Waals surface area contributed by atoms with E-state index in [1.807, 2.05) is 13.0 Å². The summed E-state index contributed by atoms with van der Waals surface area (Å²) in [5.41, 5.74) is 2.45. The van der Waals surface area contributed by atoms with Crippen LogP contribution in [0.15, 0.2) is 119 Å². The van der Waals surface area contributed by atoms with Gasteiger partial charge in [0, 0.05) is 77.5 Å². The molecule has 0 atom stereocenters. The summed E-state index contributed by atoms with van der Waals surface area (Å²) in [6.45, 7) is 18.9. The van der Waals surface area contributed by atoms with Crippen molar-refractivity contribution in [2.24, 2.45) is 0 Å². The first-order valence-corrected chi connectivity index (χ1v) is 27.4. The SMILES string of the molecule is CCN(CC)CCCNc1nc(-c2cc(C(=O)NCCc3cnc[nH]3)ccc2C)c2ccc(=O)n(-c3c(F)cccc3F)c2n1.CCN(CC)CCCNc1nc(-c2cc(C(=O)O)ccc2C)c2ccc(=O)n(-c3c(F)cccc3F)c2n1. The number of fused-ring (bicyclic) bond motifs is 2. The smallest absolute Gasteiger partial charge is 0.335 e. The van der Waals surface area contributed by atoms with Crippen molar-refractivity contribution in [2.45, 2.75) is 60.8 Å². The number of aromatic carboxylic acids is 1. The Morgan fingerprint density at radius 2 is 1.04 bits per heavy atom. The molecule has 5 N–H and O–H groups in total. The quantitative estimate of drug-likeness (QED) is 0.0297. The van der Waals surface area contributed by atoms with Gasteiger partial charge in [-0.2, -0.15) is 9.97 Å². The van der Waals surface area contributed by atoms with Gasteiger partial charge in [-0.3, -0.25) is 23.5 Å². The summed E-state index contributed by atoms with van der Waals surface area (Å²) in [7, 11) is 0. The van der Waals surface area contributed by atoms with Gasteiger partial charge in [-0.25, -0.2) is 37.3 Å². The molecule has 0 aliphatic rings. The van der Waals surface area contributed by atoms with Crippen molar-refractivity contribution in [1.82, 2.24) is 54.2 Å². The number of benzene rings is 4. The number of nitrogens with one attached hydrogen (secondary N) is 4. The minimum atomic E-state index is -1.11. The van der Waals surface area contributed by atoms with E-state index in [0.29, 0.717) is 64.9 Å². The van der Waals surface area contributed by atoms with Gasteiger partial charge in [0.1, 0.15) is 34.6 Å². The number of carboxylic acids is 1. The van der Waals surface area contributed by atoms with Crippen LogP contribution in [-0.4, -0.2) is 125 Å². The van der Waals surface area contributed by atoms with Crippen molar-refractivity contribution in [3.05, 3.63) is 182 Å². The number of nitrogens with zero attached hydrogens (tertiary/aromatic N) is 9. The van der Waals surface area contributed by atoms with Gasteiger partial charge in [-0.1, -0.05) is 52.0 Å². The Labute approximate surface area is 476 Å². The summed E-state index contributed by atoms with van der Waals surface area (Å²) < 4.78 is 61.6. The first-order valence-electron chi connectivity index (χ1n) is 27.4. The standard InChI is InChI=1S/C33H36F2N8O2.C28H29F2N5O3/c1-4-42(5-2)17-7-15-38-33-40-29(24-12-13-28(44)43(31(24)41-33)30-26(34)8-6-9-27(30)35)25-18-22(11-10-21(25)3)32(45)37-16-14-23-19-36-20-39-23;1-4-34(5-2)15-7-14-31-28-32-24(20-16-18(27(37)38)11-10-17(20)3)19-12-13-23(36)35(26(19)33-28)25-21(29)8-6-9-22(25)30/h6,8-13,18-20H,4-5,7,14-17H2,1-3H3,(H,36,39)(H,37,45)(H,38,40,41);6,8-13,16H,4-5,7,14-15H2,1-3H3,(H,37,38)(H,31,32,33). The van der Waals surface area contributed by atoms with Gasteiger partial charge >= 0.3 is 5.97 Å². The number of H-pyrrole nitrogens is 1. The molecule has 0 aliphatic carbocycles. The number of halogens is 4. The lowest BCUT2D eigenvalue weighted by atomic mass is 9.99.